The van der Waals surface area contributed by atoms with Crippen LogP contribution in [0.3, 0.4) is 0 Å². The molecule has 0 fully saturated rings. The summed E-state index contributed by atoms with van der Waals surface area (Å²) in [4.78, 5) is 27.0. The second kappa shape index (κ2) is 7.23. The van der Waals surface area contributed by atoms with Gasteiger partial charge in [0.15, 0.2) is 5.75 Å². The summed E-state index contributed by atoms with van der Waals surface area (Å²) in [5, 5.41) is 7.16. The van der Waals surface area contributed by atoms with Gasteiger partial charge in [0.25, 0.3) is 5.91 Å². The van der Waals surface area contributed by atoms with E-state index in [-0.39, 0.29) is 18.1 Å². The number of H-pyrrole nitrogens is 1. The quantitative estimate of drug-likeness (QED) is 0.733. The number of aromatic amines is 1. The van der Waals surface area contributed by atoms with Crippen molar-refractivity contribution in [1.29, 1.82) is 0 Å². The third-order valence-electron chi connectivity index (χ3n) is 3.43. The molecule has 128 valence electrons. The Labute approximate surface area is 148 Å². The number of carbonyl (C=O) groups excluding carboxylic acids is 1. The molecule has 2 N–H and O–H groups in total. The van der Waals surface area contributed by atoms with E-state index in [1.807, 2.05) is 18.2 Å². The Morgan fingerprint density at radius 2 is 2.20 bits per heavy atom. The number of nitrogens with zero attached hydrogens (tertiary/aromatic N) is 2. The van der Waals surface area contributed by atoms with E-state index < -0.39 is 11.3 Å². The van der Waals surface area contributed by atoms with Crippen molar-refractivity contribution in [2.45, 2.75) is 6.61 Å². The number of halogens is 1. The van der Waals surface area contributed by atoms with E-state index in [0.29, 0.717) is 10.7 Å². The van der Waals surface area contributed by atoms with Crippen molar-refractivity contribution in [2.75, 3.05) is 5.32 Å². The summed E-state index contributed by atoms with van der Waals surface area (Å²) in [6.45, 7) is 0.157. The molecule has 0 aliphatic rings. The number of hydrogen-bond acceptors (Lipinski definition) is 4. The number of carbonyl (C=O) groups is 1. The molecule has 1 amide bonds. The molecule has 2 aromatic heterocycles. The van der Waals surface area contributed by atoms with Gasteiger partial charge in [-0.1, -0.05) is 29.8 Å². The monoisotopic (exact) mass is 358 g/mol. The maximum Gasteiger partial charge on any atom is 0.272 e. The number of aromatic nitrogens is 3. The SMILES string of the molecule is Cn1cc(NC(=O)c2cc(=O)c(OCc3ccccc3Cl)c[nH]2)cn1. The highest BCUT2D eigenvalue weighted by Crippen LogP contribution is 2.16. The van der Waals surface area contributed by atoms with E-state index in [0.717, 1.165) is 5.56 Å². The van der Waals surface area contributed by atoms with E-state index in [1.165, 1.54) is 18.5 Å². The largest absolute Gasteiger partial charge is 0.483 e. The lowest BCUT2D eigenvalue weighted by molar-refractivity contribution is 0.102. The van der Waals surface area contributed by atoms with Gasteiger partial charge in [-0.25, -0.2) is 0 Å². The van der Waals surface area contributed by atoms with Crippen LogP contribution in [0.15, 0.2) is 53.7 Å². The second-order valence-corrected chi connectivity index (χ2v) is 5.72. The van der Waals surface area contributed by atoms with E-state index in [1.54, 1.807) is 24.0 Å². The third kappa shape index (κ3) is 4.07. The minimum Gasteiger partial charge on any atom is -0.483 e. The van der Waals surface area contributed by atoms with Crippen LogP contribution in [0.2, 0.25) is 5.02 Å². The number of ether oxygens (including phenoxy) is 1. The zero-order chi connectivity index (χ0) is 17.8. The Morgan fingerprint density at radius 1 is 1.40 bits per heavy atom. The number of pyridine rings is 1. The number of aryl methyl sites for hydroxylation is 1. The van der Waals surface area contributed by atoms with Gasteiger partial charge in [-0.3, -0.25) is 14.3 Å². The minimum absolute atomic E-state index is 0.109. The summed E-state index contributed by atoms with van der Waals surface area (Å²) in [5.41, 5.74) is 1.02. The van der Waals surface area contributed by atoms with Gasteiger partial charge >= 0.3 is 0 Å². The maximum absolute atomic E-state index is 12.1. The van der Waals surface area contributed by atoms with Gasteiger partial charge in [0.05, 0.1) is 11.9 Å². The number of anilines is 1. The summed E-state index contributed by atoms with van der Waals surface area (Å²) in [6, 6.07) is 8.39. The van der Waals surface area contributed by atoms with Crippen molar-refractivity contribution in [1.82, 2.24) is 14.8 Å². The van der Waals surface area contributed by atoms with E-state index in [9.17, 15) is 9.59 Å². The molecule has 0 radical (unpaired) electrons. The van der Waals surface area contributed by atoms with Gasteiger partial charge in [-0.05, 0) is 6.07 Å². The lowest BCUT2D eigenvalue weighted by Crippen LogP contribution is -2.17. The molecule has 0 unspecified atom stereocenters. The fourth-order valence-electron chi connectivity index (χ4n) is 2.16. The number of hydrogen-bond donors (Lipinski definition) is 2. The Hall–Kier alpha value is -3.06. The first-order valence-electron chi connectivity index (χ1n) is 7.42. The molecule has 0 aliphatic carbocycles. The molecule has 2 heterocycles. The fraction of sp³-hybridized carbons (Fsp3) is 0.118. The van der Waals surface area contributed by atoms with E-state index >= 15 is 0 Å². The summed E-state index contributed by atoms with van der Waals surface area (Å²) < 4.78 is 7.05. The molecular formula is C17H15ClN4O3. The smallest absolute Gasteiger partial charge is 0.272 e. The van der Waals surface area contributed by atoms with Gasteiger partial charge in [0.2, 0.25) is 5.43 Å². The first-order valence-corrected chi connectivity index (χ1v) is 7.79. The van der Waals surface area contributed by atoms with Gasteiger partial charge < -0.3 is 15.0 Å². The lowest BCUT2D eigenvalue weighted by Gasteiger charge is -2.08. The van der Waals surface area contributed by atoms with E-state index in [2.05, 4.69) is 15.4 Å². The van der Waals surface area contributed by atoms with Gasteiger partial charge in [0, 0.05) is 36.1 Å². The molecular weight excluding hydrogens is 344 g/mol. The predicted octanol–water partition coefficient (Wildman–Crippen LogP) is 2.59. The number of amides is 1. The van der Waals surface area contributed by atoms with Crippen LogP contribution >= 0.6 is 11.6 Å². The highest BCUT2D eigenvalue weighted by atomic mass is 35.5. The second-order valence-electron chi connectivity index (χ2n) is 5.31. The molecule has 8 heteroatoms. The highest BCUT2D eigenvalue weighted by molar-refractivity contribution is 6.31. The number of rotatable bonds is 5. The van der Waals surface area contributed by atoms with Crippen LogP contribution in [0, 0.1) is 0 Å². The van der Waals surface area contributed by atoms with E-state index in [4.69, 9.17) is 16.3 Å². The molecule has 7 nitrogen and oxygen atoms in total. The van der Waals surface area contributed by atoms with Gasteiger partial charge in [-0.2, -0.15) is 5.10 Å². The van der Waals surface area contributed by atoms with Crippen LogP contribution in [-0.2, 0) is 13.7 Å². The third-order valence-corrected chi connectivity index (χ3v) is 3.79. The van der Waals surface area contributed by atoms with Crippen molar-refractivity contribution >= 4 is 23.2 Å². The Balaban J connectivity index is 1.69. The van der Waals surface area contributed by atoms with Crippen molar-refractivity contribution in [3.8, 4) is 5.75 Å². The Kier molecular flexibility index (Phi) is 4.85. The van der Waals surface area contributed by atoms with Gasteiger partial charge in [-0.15, -0.1) is 0 Å². The first-order chi connectivity index (χ1) is 12.0. The van der Waals surface area contributed by atoms with Crippen LogP contribution in [0.1, 0.15) is 16.1 Å². The zero-order valence-electron chi connectivity index (χ0n) is 13.3. The Bertz CT molecular complexity index is 964. The topological polar surface area (TPSA) is 89.0 Å². The molecule has 0 aliphatic heterocycles. The summed E-state index contributed by atoms with van der Waals surface area (Å²) >= 11 is 6.05. The normalized spacial score (nSPS) is 10.5. The molecule has 3 aromatic rings. The summed E-state index contributed by atoms with van der Waals surface area (Å²) in [5.74, 6) is -0.333. The fourth-order valence-corrected chi connectivity index (χ4v) is 2.35. The summed E-state index contributed by atoms with van der Waals surface area (Å²) in [7, 11) is 1.74. The van der Waals surface area contributed by atoms with Crippen molar-refractivity contribution in [3.63, 3.8) is 0 Å². The number of nitrogens with one attached hydrogen (secondary N) is 2. The van der Waals surface area contributed by atoms with Crippen LogP contribution < -0.4 is 15.5 Å². The molecule has 1 aromatic carbocycles. The molecule has 0 spiro atoms. The average Bonchev–Trinajstić information content (AvgIpc) is 3.00. The van der Waals surface area contributed by atoms with Crippen LogP contribution in [0.5, 0.6) is 5.75 Å². The molecule has 0 atom stereocenters. The molecule has 25 heavy (non-hydrogen) atoms. The highest BCUT2D eigenvalue weighted by Gasteiger charge is 2.11. The molecule has 0 saturated heterocycles. The number of benzene rings is 1. The van der Waals surface area contributed by atoms with Crippen molar-refractivity contribution in [2.24, 2.45) is 7.05 Å². The van der Waals surface area contributed by atoms with Crippen LogP contribution in [-0.4, -0.2) is 20.7 Å². The average molecular weight is 359 g/mol. The standard InChI is InChI=1S/C17H15ClN4O3/c1-22-9-12(7-20-22)21-17(24)14-6-15(23)16(8-19-14)25-10-11-4-2-3-5-13(11)18/h2-9H,10H2,1H3,(H,19,23)(H,21,24). The van der Waals surface area contributed by atoms with Gasteiger partial charge in [0.1, 0.15) is 12.3 Å². The molecule has 3 rings (SSSR count). The molecule has 0 saturated carbocycles. The lowest BCUT2D eigenvalue weighted by atomic mass is 10.2. The minimum atomic E-state index is -0.442. The van der Waals surface area contributed by atoms with Crippen LogP contribution in [0.4, 0.5) is 5.69 Å². The van der Waals surface area contributed by atoms with Crippen molar-refractivity contribution in [3.05, 3.63) is 75.4 Å². The maximum atomic E-state index is 12.1. The predicted molar refractivity (Wildman–Crippen MR) is 94.0 cm³/mol. The zero-order valence-corrected chi connectivity index (χ0v) is 14.1. The summed E-state index contributed by atoms with van der Waals surface area (Å²) in [6.07, 6.45) is 4.52. The first kappa shape index (κ1) is 16.8. The molecule has 0 bridgehead atoms. The Morgan fingerprint density at radius 3 is 2.88 bits per heavy atom. The van der Waals surface area contributed by atoms with Crippen molar-refractivity contribution < 1.29 is 9.53 Å². The van der Waals surface area contributed by atoms with Crippen LogP contribution in [0.25, 0.3) is 0 Å².